The van der Waals surface area contributed by atoms with E-state index >= 15 is 0 Å². The Morgan fingerprint density at radius 3 is 2.35 bits per heavy atom. The summed E-state index contributed by atoms with van der Waals surface area (Å²) in [5, 5.41) is 0. The molecule has 0 aromatic heterocycles. The molecule has 0 unspecified atom stereocenters. The molecule has 4 heteroatoms. The van der Waals surface area contributed by atoms with Crippen molar-refractivity contribution in [2.24, 2.45) is 0 Å². The van der Waals surface area contributed by atoms with Crippen molar-refractivity contribution < 1.29 is 19.1 Å². The highest BCUT2D eigenvalue weighted by Gasteiger charge is 2.16. The summed E-state index contributed by atoms with van der Waals surface area (Å²) in [6, 6.07) is 5.46. The first kappa shape index (κ1) is 16.2. The van der Waals surface area contributed by atoms with Gasteiger partial charge < -0.3 is 9.47 Å². The van der Waals surface area contributed by atoms with E-state index in [0.29, 0.717) is 18.4 Å². The molecule has 0 saturated carbocycles. The molecule has 0 radical (unpaired) electrons. The molecular weight excluding hydrogens is 256 g/mol. The number of aryl methyl sites for hydroxylation is 2. The SMILES string of the molecule is COC(=O)c1ccc(CCC(=O)OC(C)(C)C)cc1C. The van der Waals surface area contributed by atoms with Crippen molar-refractivity contribution in [3.8, 4) is 0 Å². The van der Waals surface area contributed by atoms with Gasteiger partial charge in [-0.2, -0.15) is 0 Å². The van der Waals surface area contributed by atoms with Crippen molar-refractivity contribution in [2.75, 3.05) is 7.11 Å². The Bertz CT molecular complexity index is 498. The zero-order chi connectivity index (χ0) is 15.3. The van der Waals surface area contributed by atoms with Crippen LogP contribution >= 0.6 is 0 Å². The summed E-state index contributed by atoms with van der Waals surface area (Å²) >= 11 is 0. The molecule has 0 aliphatic rings. The predicted octanol–water partition coefficient (Wildman–Crippen LogP) is 3.06. The Balaban J connectivity index is 2.64. The van der Waals surface area contributed by atoms with E-state index in [9.17, 15) is 9.59 Å². The summed E-state index contributed by atoms with van der Waals surface area (Å²) in [5.41, 5.74) is 1.94. The summed E-state index contributed by atoms with van der Waals surface area (Å²) < 4.78 is 9.95. The van der Waals surface area contributed by atoms with Gasteiger partial charge in [-0.3, -0.25) is 4.79 Å². The molecule has 0 saturated heterocycles. The molecule has 0 amide bonds. The Kier molecular flexibility index (Phi) is 5.31. The van der Waals surface area contributed by atoms with Gasteiger partial charge in [0, 0.05) is 6.42 Å². The number of benzene rings is 1. The van der Waals surface area contributed by atoms with Crippen LogP contribution in [0.15, 0.2) is 18.2 Å². The van der Waals surface area contributed by atoms with Gasteiger partial charge in [-0.05, 0) is 51.3 Å². The molecule has 0 heterocycles. The van der Waals surface area contributed by atoms with Crippen molar-refractivity contribution in [3.05, 3.63) is 34.9 Å². The molecule has 0 atom stereocenters. The number of esters is 2. The van der Waals surface area contributed by atoms with Gasteiger partial charge >= 0.3 is 11.9 Å². The minimum absolute atomic E-state index is 0.216. The molecule has 0 aliphatic heterocycles. The van der Waals surface area contributed by atoms with Crippen LogP contribution in [-0.2, 0) is 20.7 Å². The zero-order valence-electron chi connectivity index (χ0n) is 12.8. The lowest BCUT2D eigenvalue weighted by Crippen LogP contribution is -2.24. The minimum atomic E-state index is -0.457. The predicted molar refractivity (Wildman–Crippen MR) is 76.7 cm³/mol. The first-order chi connectivity index (χ1) is 9.23. The van der Waals surface area contributed by atoms with Crippen LogP contribution in [0.3, 0.4) is 0 Å². The second-order valence-corrected chi connectivity index (χ2v) is 5.73. The van der Waals surface area contributed by atoms with Gasteiger partial charge in [-0.25, -0.2) is 4.79 Å². The van der Waals surface area contributed by atoms with E-state index in [1.807, 2.05) is 39.8 Å². The third kappa shape index (κ3) is 5.03. The normalized spacial score (nSPS) is 11.1. The third-order valence-electron chi connectivity index (χ3n) is 2.73. The third-order valence-corrected chi connectivity index (χ3v) is 2.73. The number of ether oxygens (including phenoxy) is 2. The van der Waals surface area contributed by atoms with Crippen LogP contribution < -0.4 is 0 Å². The average molecular weight is 278 g/mol. The topological polar surface area (TPSA) is 52.6 Å². The standard InChI is InChI=1S/C16H22O4/c1-11-10-12(6-8-13(11)15(18)19-5)7-9-14(17)20-16(2,3)4/h6,8,10H,7,9H2,1-5H3. The fourth-order valence-electron chi connectivity index (χ4n) is 1.86. The largest absolute Gasteiger partial charge is 0.465 e. The van der Waals surface area contributed by atoms with Gasteiger partial charge in [0.25, 0.3) is 0 Å². The highest BCUT2D eigenvalue weighted by Crippen LogP contribution is 2.15. The lowest BCUT2D eigenvalue weighted by molar-refractivity contribution is -0.154. The lowest BCUT2D eigenvalue weighted by atomic mass is 10.0. The van der Waals surface area contributed by atoms with Crippen LogP contribution in [0, 0.1) is 6.92 Å². The second kappa shape index (κ2) is 6.55. The number of methoxy groups -OCH3 is 1. The molecule has 1 rings (SSSR count). The Hall–Kier alpha value is -1.84. The molecular formula is C16H22O4. The smallest absolute Gasteiger partial charge is 0.338 e. The van der Waals surface area contributed by atoms with Crippen LogP contribution in [0.5, 0.6) is 0 Å². The van der Waals surface area contributed by atoms with E-state index in [0.717, 1.165) is 11.1 Å². The Labute approximate surface area is 120 Å². The molecule has 0 N–H and O–H groups in total. The van der Waals surface area contributed by atoms with Crippen molar-refractivity contribution in [2.45, 2.75) is 46.1 Å². The molecule has 1 aromatic rings. The molecule has 0 aliphatic carbocycles. The summed E-state index contributed by atoms with van der Waals surface area (Å²) in [5.74, 6) is -0.562. The monoisotopic (exact) mass is 278 g/mol. The van der Waals surface area contributed by atoms with E-state index in [1.54, 1.807) is 6.07 Å². The fourth-order valence-corrected chi connectivity index (χ4v) is 1.86. The van der Waals surface area contributed by atoms with Crippen molar-refractivity contribution >= 4 is 11.9 Å². The highest BCUT2D eigenvalue weighted by molar-refractivity contribution is 5.91. The molecule has 0 bridgehead atoms. The first-order valence-electron chi connectivity index (χ1n) is 6.62. The van der Waals surface area contributed by atoms with Gasteiger partial charge in [0.05, 0.1) is 12.7 Å². The molecule has 4 nitrogen and oxygen atoms in total. The molecule has 20 heavy (non-hydrogen) atoms. The van der Waals surface area contributed by atoms with E-state index in [4.69, 9.17) is 9.47 Å². The van der Waals surface area contributed by atoms with Gasteiger partial charge in [-0.15, -0.1) is 0 Å². The first-order valence-corrected chi connectivity index (χ1v) is 6.62. The van der Waals surface area contributed by atoms with Crippen LogP contribution in [0.25, 0.3) is 0 Å². The molecule has 1 aromatic carbocycles. The van der Waals surface area contributed by atoms with Gasteiger partial charge in [-0.1, -0.05) is 12.1 Å². The fraction of sp³-hybridized carbons (Fsp3) is 0.500. The van der Waals surface area contributed by atoms with Crippen molar-refractivity contribution in [1.82, 2.24) is 0 Å². The van der Waals surface area contributed by atoms with Crippen LogP contribution in [-0.4, -0.2) is 24.6 Å². The summed E-state index contributed by atoms with van der Waals surface area (Å²) in [6.45, 7) is 7.39. The summed E-state index contributed by atoms with van der Waals surface area (Å²) in [7, 11) is 1.36. The quantitative estimate of drug-likeness (QED) is 0.794. The number of hydrogen-bond acceptors (Lipinski definition) is 4. The zero-order valence-corrected chi connectivity index (χ0v) is 12.8. The average Bonchev–Trinajstić information content (AvgIpc) is 2.33. The second-order valence-electron chi connectivity index (χ2n) is 5.73. The Morgan fingerprint density at radius 1 is 1.20 bits per heavy atom. The molecule has 0 fully saturated rings. The van der Waals surface area contributed by atoms with Gasteiger partial charge in [0.2, 0.25) is 0 Å². The van der Waals surface area contributed by atoms with E-state index in [1.165, 1.54) is 7.11 Å². The van der Waals surface area contributed by atoms with Crippen LogP contribution in [0.1, 0.15) is 48.7 Å². The lowest BCUT2D eigenvalue weighted by Gasteiger charge is -2.19. The minimum Gasteiger partial charge on any atom is -0.465 e. The number of rotatable bonds is 4. The van der Waals surface area contributed by atoms with Crippen LogP contribution in [0.2, 0.25) is 0 Å². The van der Waals surface area contributed by atoms with Gasteiger partial charge in [0.15, 0.2) is 0 Å². The van der Waals surface area contributed by atoms with E-state index < -0.39 is 5.60 Å². The number of carbonyl (C=O) groups excluding carboxylic acids is 2. The summed E-state index contributed by atoms with van der Waals surface area (Å²) in [4.78, 5) is 23.1. The highest BCUT2D eigenvalue weighted by atomic mass is 16.6. The number of hydrogen-bond donors (Lipinski definition) is 0. The Morgan fingerprint density at radius 2 is 1.85 bits per heavy atom. The maximum absolute atomic E-state index is 11.6. The molecule has 0 spiro atoms. The van der Waals surface area contributed by atoms with E-state index in [2.05, 4.69) is 0 Å². The maximum atomic E-state index is 11.6. The van der Waals surface area contributed by atoms with Crippen molar-refractivity contribution in [3.63, 3.8) is 0 Å². The van der Waals surface area contributed by atoms with Crippen LogP contribution in [0.4, 0.5) is 0 Å². The van der Waals surface area contributed by atoms with Gasteiger partial charge in [0.1, 0.15) is 5.60 Å². The van der Waals surface area contributed by atoms with Crippen molar-refractivity contribution in [1.29, 1.82) is 0 Å². The number of carbonyl (C=O) groups is 2. The maximum Gasteiger partial charge on any atom is 0.338 e. The molecule has 110 valence electrons. The van der Waals surface area contributed by atoms with E-state index in [-0.39, 0.29) is 11.9 Å². The summed E-state index contributed by atoms with van der Waals surface area (Å²) in [6.07, 6.45) is 0.922.